The minimum atomic E-state index is -0.190. The van der Waals surface area contributed by atoms with Crippen LogP contribution in [-0.4, -0.2) is 43.5 Å². The maximum absolute atomic E-state index is 12.6. The van der Waals surface area contributed by atoms with E-state index in [1.165, 1.54) is 0 Å². The number of rotatable bonds is 10. The first-order chi connectivity index (χ1) is 14.0. The quantitative estimate of drug-likeness (QED) is 0.578. The molecule has 0 saturated heterocycles. The summed E-state index contributed by atoms with van der Waals surface area (Å²) in [6.45, 7) is 5.75. The van der Waals surface area contributed by atoms with Gasteiger partial charge in [-0.2, -0.15) is 0 Å². The molecule has 0 heterocycles. The van der Waals surface area contributed by atoms with Gasteiger partial charge in [-0.1, -0.05) is 22.0 Å². The zero-order valence-electron chi connectivity index (χ0n) is 17.0. The molecule has 2 aromatic rings. The second-order valence-corrected chi connectivity index (χ2v) is 7.25. The second kappa shape index (κ2) is 11.5. The molecule has 0 aliphatic heterocycles. The number of carbonyl (C=O) groups is 2. The number of amides is 2. The van der Waals surface area contributed by atoms with Gasteiger partial charge in [-0.25, -0.2) is 0 Å². The highest BCUT2D eigenvalue weighted by Gasteiger charge is 2.14. The summed E-state index contributed by atoms with van der Waals surface area (Å²) in [5, 5.41) is 2.79. The summed E-state index contributed by atoms with van der Waals surface area (Å²) in [7, 11) is 1.60. The number of benzene rings is 2. The summed E-state index contributed by atoms with van der Waals surface area (Å²) in [4.78, 5) is 26.5. The molecule has 0 saturated carbocycles. The maximum atomic E-state index is 12.6. The van der Waals surface area contributed by atoms with Crippen molar-refractivity contribution >= 4 is 27.7 Å². The lowest BCUT2D eigenvalue weighted by Crippen LogP contribution is -2.34. The molecule has 0 aliphatic carbocycles. The molecule has 0 bridgehead atoms. The number of hydrogen-bond acceptors (Lipinski definition) is 4. The van der Waals surface area contributed by atoms with Crippen molar-refractivity contribution in [3.05, 3.63) is 58.1 Å². The van der Waals surface area contributed by atoms with Crippen LogP contribution in [0.4, 0.5) is 0 Å². The van der Waals surface area contributed by atoms with Crippen molar-refractivity contribution in [3.63, 3.8) is 0 Å². The Morgan fingerprint density at radius 1 is 1.07 bits per heavy atom. The Labute approximate surface area is 180 Å². The minimum Gasteiger partial charge on any atom is -0.493 e. The van der Waals surface area contributed by atoms with Crippen molar-refractivity contribution in [2.45, 2.75) is 26.8 Å². The first kappa shape index (κ1) is 22.7. The van der Waals surface area contributed by atoms with Gasteiger partial charge in [0.1, 0.15) is 0 Å². The van der Waals surface area contributed by atoms with Crippen LogP contribution in [0.25, 0.3) is 0 Å². The van der Waals surface area contributed by atoms with Gasteiger partial charge < -0.3 is 19.7 Å². The van der Waals surface area contributed by atoms with E-state index < -0.39 is 0 Å². The lowest BCUT2D eigenvalue weighted by atomic mass is 10.1. The Bertz CT molecular complexity index is 824. The van der Waals surface area contributed by atoms with Gasteiger partial charge in [-0.05, 0) is 55.8 Å². The Kier molecular flexibility index (Phi) is 8.99. The monoisotopic (exact) mass is 462 g/mol. The number of ether oxygens (including phenoxy) is 2. The van der Waals surface area contributed by atoms with Crippen LogP contribution in [0.15, 0.2) is 46.9 Å². The number of nitrogens with zero attached hydrogens (tertiary/aromatic N) is 1. The van der Waals surface area contributed by atoms with Crippen molar-refractivity contribution in [1.29, 1.82) is 0 Å². The van der Waals surface area contributed by atoms with Gasteiger partial charge >= 0.3 is 0 Å². The number of nitrogens with one attached hydrogen (secondary N) is 1. The zero-order chi connectivity index (χ0) is 21.2. The second-order valence-electron chi connectivity index (χ2n) is 6.34. The summed E-state index contributed by atoms with van der Waals surface area (Å²) >= 11 is 3.34. The SMILES string of the molecule is CCOc1ccc(CN(CC)C(=O)CCNC(=O)c2ccc(Br)cc2)cc1OC. The maximum Gasteiger partial charge on any atom is 0.251 e. The van der Waals surface area contributed by atoms with Crippen molar-refractivity contribution in [1.82, 2.24) is 10.2 Å². The molecule has 7 heteroatoms. The van der Waals surface area contributed by atoms with Crippen molar-refractivity contribution in [2.24, 2.45) is 0 Å². The molecule has 1 N–H and O–H groups in total. The molecule has 0 radical (unpaired) electrons. The van der Waals surface area contributed by atoms with Crippen LogP contribution < -0.4 is 14.8 Å². The normalized spacial score (nSPS) is 10.3. The highest BCUT2D eigenvalue weighted by Crippen LogP contribution is 2.28. The van der Waals surface area contributed by atoms with Gasteiger partial charge in [-0.15, -0.1) is 0 Å². The zero-order valence-corrected chi connectivity index (χ0v) is 18.6. The van der Waals surface area contributed by atoms with Crippen LogP contribution in [0.3, 0.4) is 0 Å². The van der Waals surface area contributed by atoms with Gasteiger partial charge in [0, 0.05) is 36.1 Å². The van der Waals surface area contributed by atoms with Crippen LogP contribution >= 0.6 is 15.9 Å². The number of halogens is 1. The molecular weight excluding hydrogens is 436 g/mol. The fourth-order valence-corrected chi connectivity index (χ4v) is 3.09. The summed E-state index contributed by atoms with van der Waals surface area (Å²) in [5.41, 5.74) is 1.52. The van der Waals surface area contributed by atoms with Crippen LogP contribution in [0, 0.1) is 0 Å². The van der Waals surface area contributed by atoms with E-state index in [9.17, 15) is 9.59 Å². The molecular formula is C22H27BrN2O4. The first-order valence-electron chi connectivity index (χ1n) is 9.59. The molecule has 0 spiro atoms. The highest BCUT2D eigenvalue weighted by atomic mass is 79.9. The molecule has 0 fully saturated rings. The topological polar surface area (TPSA) is 67.9 Å². The Hall–Kier alpha value is -2.54. The van der Waals surface area contributed by atoms with Gasteiger partial charge in [-0.3, -0.25) is 9.59 Å². The van der Waals surface area contributed by atoms with E-state index in [0.29, 0.717) is 36.8 Å². The summed E-state index contributed by atoms with van der Waals surface area (Å²) < 4.78 is 11.8. The average Bonchev–Trinajstić information content (AvgIpc) is 2.73. The first-order valence-corrected chi connectivity index (χ1v) is 10.4. The lowest BCUT2D eigenvalue weighted by molar-refractivity contribution is -0.131. The van der Waals surface area contributed by atoms with Gasteiger partial charge in [0.2, 0.25) is 5.91 Å². The fourth-order valence-electron chi connectivity index (χ4n) is 2.83. The van der Waals surface area contributed by atoms with Crippen LogP contribution in [0.1, 0.15) is 36.2 Å². The molecule has 0 aliphatic rings. The number of carbonyl (C=O) groups excluding carboxylic acids is 2. The smallest absolute Gasteiger partial charge is 0.251 e. The molecule has 2 rings (SSSR count). The molecule has 29 heavy (non-hydrogen) atoms. The van der Waals surface area contributed by atoms with E-state index in [-0.39, 0.29) is 24.8 Å². The van der Waals surface area contributed by atoms with Crippen molar-refractivity contribution in [3.8, 4) is 11.5 Å². The average molecular weight is 463 g/mol. The summed E-state index contributed by atoms with van der Waals surface area (Å²) in [6, 6.07) is 12.8. The van der Waals surface area contributed by atoms with Gasteiger partial charge in [0.25, 0.3) is 5.91 Å². The van der Waals surface area contributed by atoms with Gasteiger partial charge in [0.15, 0.2) is 11.5 Å². The van der Waals surface area contributed by atoms with E-state index in [1.54, 1.807) is 24.1 Å². The van der Waals surface area contributed by atoms with E-state index >= 15 is 0 Å². The molecule has 0 aromatic heterocycles. The molecule has 6 nitrogen and oxygen atoms in total. The molecule has 2 amide bonds. The van der Waals surface area contributed by atoms with Crippen molar-refractivity contribution in [2.75, 3.05) is 26.8 Å². The molecule has 0 atom stereocenters. The van der Waals surface area contributed by atoms with E-state index in [4.69, 9.17) is 9.47 Å². The van der Waals surface area contributed by atoms with Crippen molar-refractivity contribution < 1.29 is 19.1 Å². The lowest BCUT2D eigenvalue weighted by Gasteiger charge is -2.22. The minimum absolute atomic E-state index is 0.0172. The molecule has 0 unspecified atom stereocenters. The van der Waals surface area contributed by atoms with E-state index in [0.717, 1.165) is 10.0 Å². The third-order valence-corrected chi connectivity index (χ3v) is 4.90. The standard InChI is InChI=1S/C22H27BrN2O4/c1-4-25(15-16-6-11-19(29-5-2)20(14-16)28-3)21(26)12-13-24-22(27)17-7-9-18(23)10-8-17/h6-11,14H,4-5,12-13,15H2,1-3H3,(H,24,27). The predicted octanol–water partition coefficient (Wildman–Crippen LogP) is 4.03. The molecule has 156 valence electrons. The molecule has 2 aromatic carbocycles. The van der Waals surface area contributed by atoms with Crippen LogP contribution in [-0.2, 0) is 11.3 Å². The summed E-state index contributed by atoms with van der Waals surface area (Å²) in [6.07, 6.45) is 0.240. The fraction of sp³-hybridized carbons (Fsp3) is 0.364. The number of methoxy groups -OCH3 is 1. The largest absolute Gasteiger partial charge is 0.493 e. The Morgan fingerprint density at radius 2 is 1.79 bits per heavy atom. The Morgan fingerprint density at radius 3 is 2.41 bits per heavy atom. The van der Waals surface area contributed by atoms with Gasteiger partial charge in [0.05, 0.1) is 13.7 Å². The van der Waals surface area contributed by atoms with E-state index in [2.05, 4.69) is 21.2 Å². The van der Waals surface area contributed by atoms with E-state index in [1.807, 2.05) is 44.2 Å². The number of hydrogen-bond donors (Lipinski definition) is 1. The third-order valence-electron chi connectivity index (χ3n) is 4.37. The Balaban J connectivity index is 1.90. The van der Waals surface area contributed by atoms with Crippen LogP contribution in [0.2, 0.25) is 0 Å². The third kappa shape index (κ3) is 6.78. The predicted molar refractivity (Wildman–Crippen MR) is 116 cm³/mol. The highest BCUT2D eigenvalue weighted by molar-refractivity contribution is 9.10. The summed E-state index contributed by atoms with van der Waals surface area (Å²) in [5.74, 6) is 1.12. The van der Waals surface area contributed by atoms with Crippen LogP contribution in [0.5, 0.6) is 11.5 Å².